The highest BCUT2D eigenvalue weighted by atomic mass is 16.7. The topological polar surface area (TPSA) is 68.3 Å². The number of rotatable bonds is 3. The van der Waals surface area contributed by atoms with E-state index in [1.165, 1.54) is 0 Å². The number of methoxy groups -OCH3 is 1. The average Bonchev–Trinajstić information content (AvgIpc) is 3.07. The molecule has 0 bridgehead atoms. The first-order valence-corrected chi connectivity index (χ1v) is 9.28. The zero-order valence-electron chi connectivity index (χ0n) is 15.7. The Balaban J connectivity index is 1.41. The van der Waals surface area contributed by atoms with Crippen LogP contribution in [0.1, 0.15) is 27.1 Å². The van der Waals surface area contributed by atoms with Gasteiger partial charge in [0.2, 0.25) is 6.79 Å². The van der Waals surface area contributed by atoms with Crippen LogP contribution in [0.15, 0.2) is 42.5 Å². The van der Waals surface area contributed by atoms with Crippen molar-refractivity contribution in [3.05, 3.63) is 53.6 Å². The molecule has 0 N–H and O–H groups in total. The van der Waals surface area contributed by atoms with Gasteiger partial charge in [-0.2, -0.15) is 0 Å². The van der Waals surface area contributed by atoms with Crippen molar-refractivity contribution in [2.45, 2.75) is 6.42 Å². The van der Waals surface area contributed by atoms with Crippen LogP contribution in [0.4, 0.5) is 0 Å². The van der Waals surface area contributed by atoms with Gasteiger partial charge in [-0.15, -0.1) is 0 Å². The van der Waals surface area contributed by atoms with E-state index in [9.17, 15) is 9.59 Å². The van der Waals surface area contributed by atoms with Crippen molar-refractivity contribution >= 4 is 11.8 Å². The van der Waals surface area contributed by atoms with Crippen LogP contribution in [-0.4, -0.2) is 61.7 Å². The number of amides is 2. The molecule has 0 unspecified atom stereocenters. The lowest BCUT2D eigenvalue weighted by Gasteiger charge is -2.22. The normalized spacial score (nSPS) is 15.9. The molecule has 0 atom stereocenters. The van der Waals surface area contributed by atoms with E-state index < -0.39 is 0 Å². The number of hydrogen-bond donors (Lipinski definition) is 0. The van der Waals surface area contributed by atoms with E-state index >= 15 is 0 Å². The third-order valence-electron chi connectivity index (χ3n) is 5.03. The van der Waals surface area contributed by atoms with Crippen LogP contribution in [0.3, 0.4) is 0 Å². The summed E-state index contributed by atoms with van der Waals surface area (Å²) >= 11 is 0. The fourth-order valence-corrected chi connectivity index (χ4v) is 3.45. The number of ether oxygens (including phenoxy) is 3. The van der Waals surface area contributed by atoms with Gasteiger partial charge in [0.15, 0.2) is 11.5 Å². The fraction of sp³-hybridized carbons (Fsp3) is 0.333. The molecule has 7 nitrogen and oxygen atoms in total. The average molecular weight is 382 g/mol. The molecule has 0 spiro atoms. The minimum Gasteiger partial charge on any atom is -0.497 e. The molecule has 1 fully saturated rings. The van der Waals surface area contributed by atoms with Gasteiger partial charge in [-0.05, 0) is 48.9 Å². The molecule has 2 heterocycles. The Kier molecular flexibility index (Phi) is 5.06. The maximum Gasteiger partial charge on any atom is 0.254 e. The number of carbonyl (C=O) groups is 2. The van der Waals surface area contributed by atoms with Crippen molar-refractivity contribution in [2.75, 3.05) is 40.1 Å². The number of benzene rings is 2. The highest BCUT2D eigenvalue weighted by Gasteiger charge is 2.25. The van der Waals surface area contributed by atoms with E-state index in [2.05, 4.69) is 0 Å². The van der Waals surface area contributed by atoms with Gasteiger partial charge in [0, 0.05) is 37.3 Å². The molecule has 28 heavy (non-hydrogen) atoms. The molecule has 2 aromatic rings. The Morgan fingerprint density at radius 2 is 1.43 bits per heavy atom. The lowest BCUT2D eigenvalue weighted by Crippen LogP contribution is -2.37. The van der Waals surface area contributed by atoms with E-state index in [-0.39, 0.29) is 18.6 Å². The number of carbonyl (C=O) groups excluding carboxylic acids is 2. The van der Waals surface area contributed by atoms with Crippen LogP contribution in [0.2, 0.25) is 0 Å². The van der Waals surface area contributed by atoms with Crippen LogP contribution in [0, 0.1) is 0 Å². The summed E-state index contributed by atoms with van der Waals surface area (Å²) in [6.07, 6.45) is 0.734. The second-order valence-electron chi connectivity index (χ2n) is 6.73. The van der Waals surface area contributed by atoms with Gasteiger partial charge in [-0.25, -0.2) is 0 Å². The Bertz CT molecular complexity index is 881. The quantitative estimate of drug-likeness (QED) is 0.816. The summed E-state index contributed by atoms with van der Waals surface area (Å²) in [5.74, 6) is 1.88. The maximum atomic E-state index is 12.9. The molecule has 2 aliphatic heterocycles. The molecule has 2 aliphatic rings. The van der Waals surface area contributed by atoms with Crippen molar-refractivity contribution in [3.63, 3.8) is 0 Å². The fourth-order valence-electron chi connectivity index (χ4n) is 3.45. The molecule has 2 amide bonds. The molecule has 146 valence electrons. The molecular weight excluding hydrogens is 360 g/mol. The van der Waals surface area contributed by atoms with Crippen molar-refractivity contribution in [1.82, 2.24) is 9.80 Å². The zero-order chi connectivity index (χ0) is 19.5. The van der Waals surface area contributed by atoms with Crippen LogP contribution < -0.4 is 14.2 Å². The number of hydrogen-bond acceptors (Lipinski definition) is 5. The second kappa shape index (κ2) is 7.80. The first-order valence-electron chi connectivity index (χ1n) is 9.28. The molecule has 0 saturated carbocycles. The molecule has 1 saturated heterocycles. The summed E-state index contributed by atoms with van der Waals surface area (Å²) in [5, 5.41) is 0. The number of fused-ring (bicyclic) bond motifs is 1. The lowest BCUT2D eigenvalue weighted by atomic mass is 10.1. The second-order valence-corrected chi connectivity index (χ2v) is 6.73. The van der Waals surface area contributed by atoms with E-state index in [0.717, 1.165) is 6.42 Å². The predicted molar refractivity (Wildman–Crippen MR) is 102 cm³/mol. The molecule has 2 aromatic carbocycles. The molecule has 7 heteroatoms. The summed E-state index contributed by atoms with van der Waals surface area (Å²) < 4.78 is 15.8. The first-order chi connectivity index (χ1) is 13.7. The van der Waals surface area contributed by atoms with E-state index in [1.807, 2.05) is 0 Å². The maximum absolute atomic E-state index is 12.9. The molecular formula is C21H22N2O5. The van der Waals surface area contributed by atoms with Crippen LogP contribution in [0.5, 0.6) is 17.2 Å². The minimum absolute atomic E-state index is 0.0277. The Labute approximate surface area is 163 Å². The SMILES string of the molecule is COc1ccc(C(=O)N2CCCN(C(=O)c3ccc4c(c3)OCO4)CC2)cc1. The van der Waals surface area contributed by atoms with Gasteiger partial charge >= 0.3 is 0 Å². The minimum atomic E-state index is -0.0583. The van der Waals surface area contributed by atoms with Gasteiger partial charge in [0.1, 0.15) is 5.75 Å². The van der Waals surface area contributed by atoms with Crippen molar-refractivity contribution in [3.8, 4) is 17.2 Å². The summed E-state index contributed by atoms with van der Waals surface area (Å²) in [7, 11) is 1.59. The number of nitrogens with zero attached hydrogens (tertiary/aromatic N) is 2. The lowest BCUT2D eigenvalue weighted by molar-refractivity contribution is 0.0718. The summed E-state index contributed by atoms with van der Waals surface area (Å²) in [4.78, 5) is 29.3. The molecule has 0 aliphatic carbocycles. The van der Waals surface area contributed by atoms with Crippen molar-refractivity contribution in [2.24, 2.45) is 0 Å². The Morgan fingerprint density at radius 1 is 0.821 bits per heavy atom. The van der Waals surface area contributed by atoms with Crippen LogP contribution >= 0.6 is 0 Å². The monoisotopic (exact) mass is 382 g/mol. The van der Waals surface area contributed by atoms with E-state index in [0.29, 0.717) is 54.6 Å². The van der Waals surface area contributed by atoms with Gasteiger partial charge in [0.25, 0.3) is 11.8 Å². The highest BCUT2D eigenvalue weighted by Crippen LogP contribution is 2.32. The molecule has 0 aromatic heterocycles. The van der Waals surface area contributed by atoms with Crippen molar-refractivity contribution in [1.29, 1.82) is 0 Å². The molecule has 0 radical (unpaired) electrons. The van der Waals surface area contributed by atoms with Gasteiger partial charge in [0.05, 0.1) is 7.11 Å². The highest BCUT2D eigenvalue weighted by molar-refractivity contribution is 5.96. The third-order valence-corrected chi connectivity index (χ3v) is 5.03. The van der Waals surface area contributed by atoms with Crippen LogP contribution in [0.25, 0.3) is 0 Å². The zero-order valence-corrected chi connectivity index (χ0v) is 15.7. The van der Waals surface area contributed by atoms with Gasteiger partial charge in [-0.3, -0.25) is 9.59 Å². The summed E-state index contributed by atoms with van der Waals surface area (Å²) in [5.41, 5.74) is 1.19. The van der Waals surface area contributed by atoms with Crippen LogP contribution in [-0.2, 0) is 0 Å². The van der Waals surface area contributed by atoms with Gasteiger partial charge < -0.3 is 24.0 Å². The largest absolute Gasteiger partial charge is 0.497 e. The van der Waals surface area contributed by atoms with Crippen molar-refractivity contribution < 1.29 is 23.8 Å². The standard InChI is InChI=1S/C21H22N2O5/c1-26-17-6-3-15(4-7-17)20(24)22-9-2-10-23(12-11-22)21(25)16-5-8-18-19(13-16)28-14-27-18/h3-8,13H,2,9-12,14H2,1H3. The van der Waals surface area contributed by atoms with E-state index in [1.54, 1.807) is 59.4 Å². The Hall–Kier alpha value is -3.22. The van der Waals surface area contributed by atoms with Gasteiger partial charge in [-0.1, -0.05) is 0 Å². The molecule has 4 rings (SSSR count). The first kappa shape index (κ1) is 18.2. The smallest absolute Gasteiger partial charge is 0.254 e. The summed E-state index contributed by atoms with van der Waals surface area (Å²) in [6, 6.07) is 12.3. The summed E-state index contributed by atoms with van der Waals surface area (Å²) in [6.45, 7) is 2.41. The third kappa shape index (κ3) is 3.60. The Morgan fingerprint density at radius 3 is 2.11 bits per heavy atom. The van der Waals surface area contributed by atoms with E-state index in [4.69, 9.17) is 14.2 Å². The predicted octanol–water partition coefficient (Wildman–Crippen LogP) is 2.41.